The fraction of sp³-hybridized carbons (Fsp3) is 1.00. The molecule has 0 fully saturated rings. The predicted molar refractivity (Wildman–Crippen MR) is 59.7 cm³/mol. The van der Waals surface area contributed by atoms with Crippen LogP contribution in [0.15, 0.2) is 0 Å². The van der Waals surface area contributed by atoms with Gasteiger partial charge in [0.25, 0.3) is 0 Å². The van der Waals surface area contributed by atoms with E-state index in [9.17, 15) is 0 Å². The van der Waals surface area contributed by atoms with Crippen LogP contribution >= 0.6 is 23.2 Å². The molecule has 0 radical (unpaired) electrons. The van der Waals surface area contributed by atoms with E-state index in [0.717, 1.165) is 25.9 Å². The number of hydrogen-bond donors (Lipinski definition) is 0. The second kappa shape index (κ2) is 9.11. The van der Waals surface area contributed by atoms with Gasteiger partial charge < -0.3 is 4.74 Å². The number of ether oxygens (including phenoxy) is 1. The molecule has 80 valence electrons. The molecule has 13 heavy (non-hydrogen) atoms. The average molecular weight is 227 g/mol. The summed E-state index contributed by atoms with van der Waals surface area (Å²) < 4.78 is 5.39. The summed E-state index contributed by atoms with van der Waals surface area (Å²) >= 11 is 11.9. The fourth-order valence-corrected chi connectivity index (χ4v) is 1.57. The minimum atomic E-state index is -0.321. The number of hydrogen-bond acceptors (Lipinski definition) is 1. The first kappa shape index (κ1) is 13.5. The highest BCUT2D eigenvalue weighted by Gasteiger charge is 2.15. The highest BCUT2D eigenvalue weighted by Crippen LogP contribution is 2.17. The molecule has 0 aliphatic rings. The van der Waals surface area contributed by atoms with Crippen molar-refractivity contribution in [2.75, 3.05) is 6.61 Å². The lowest BCUT2D eigenvalue weighted by Crippen LogP contribution is -2.19. The Hall–Kier alpha value is 0.540. The van der Waals surface area contributed by atoms with Gasteiger partial charge in [-0.1, -0.05) is 44.7 Å². The van der Waals surface area contributed by atoms with E-state index in [0.29, 0.717) is 0 Å². The van der Waals surface area contributed by atoms with E-state index in [-0.39, 0.29) is 10.9 Å². The van der Waals surface area contributed by atoms with Crippen LogP contribution in [0.25, 0.3) is 0 Å². The smallest absolute Gasteiger partial charge is 0.147 e. The van der Waals surface area contributed by atoms with Crippen molar-refractivity contribution in [1.29, 1.82) is 0 Å². The lowest BCUT2D eigenvalue weighted by atomic mass is 10.2. The van der Waals surface area contributed by atoms with Crippen LogP contribution in [0, 0.1) is 0 Å². The van der Waals surface area contributed by atoms with Crippen LogP contribution in [0.1, 0.15) is 46.0 Å². The van der Waals surface area contributed by atoms with Crippen LogP contribution < -0.4 is 0 Å². The molecule has 3 heteroatoms. The minimum absolute atomic E-state index is 0.0479. The highest BCUT2D eigenvalue weighted by molar-refractivity contribution is 6.29. The Morgan fingerprint density at radius 1 is 1.08 bits per heavy atom. The summed E-state index contributed by atoms with van der Waals surface area (Å²) in [4.78, 5) is 0. The number of halogens is 2. The van der Waals surface area contributed by atoms with Gasteiger partial charge in [-0.3, -0.25) is 0 Å². The lowest BCUT2D eigenvalue weighted by Gasteiger charge is -2.15. The molecule has 0 heterocycles. The van der Waals surface area contributed by atoms with E-state index >= 15 is 0 Å². The average Bonchev–Trinajstić information content (AvgIpc) is 2.12. The zero-order valence-corrected chi connectivity index (χ0v) is 10.1. The molecular weight excluding hydrogens is 207 g/mol. The fourth-order valence-electron chi connectivity index (χ4n) is 1.06. The van der Waals surface area contributed by atoms with Crippen molar-refractivity contribution >= 4 is 23.2 Å². The Labute approximate surface area is 91.7 Å². The summed E-state index contributed by atoms with van der Waals surface area (Å²) in [6.07, 6.45) is 5.45. The van der Waals surface area contributed by atoms with Gasteiger partial charge in [-0.05, 0) is 12.8 Å². The Morgan fingerprint density at radius 3 is 2.31 bits per heavy atom. The molecule has 0 saturated carbocycles. The Balaban J connectivity index is 3.32. The maximum Gasteiger partial charge on any atom is 0.147 e. The predicted octanol–water partition coefficient (Wildman–Crippen LogP) is 4.17. The molecule has 0 aliphatic carbocycles. The van der Waals surface area contributed by atoms with Crippen molar-refractivity contribution in [3.63, 3.8) is 0 Å². The molecule has 2 unspecified atom stereocenters. The highest BCUT2D eigenvalue weighted by atomic mass is 35.5. The van der Waals surface area contributed by atoms with Crippen LogP contribution in [0.2, 0.25) is 0 Å². The normalized spacial score (nSPS) is 15.7. The third-order valence-electron chi connectivity index (χ3n) is 1.87. The first-order valence-electron chi connectivity index (χ1n) is 5.12. The Kier molecular flexibility index (Phi) is 9.49. The van der Waals surface area contributed by atoms with Gasteiger partial charge in [0, 0.05) is 6.61 Å². The standard InChI is InChI=1S/C10H20Cl2O/c1-3-5-6-8-13-10(12)9(11)7-4-2/h9-10H,3-8H2,1-2H3. The zero-order chi connectivity index (χ0) is 10.1. The molecule has 0 amide bonds. The van der Waals surface area contributed by atoms with Crippen LogP contribution in [-0.4, -0.2) is 17.5 Å². The molecule has 0 rings (SSSR count). The summed E-state index contributed by atoms with van der Waals surface area (Å²) in [6, 6.07) is 0. The molecule has 0 saturated heterocycles. The van der Waals surface area contributed by atoms with Gasteiger partial charge in [-0.15, -0.1) is 11.6 Å². The van der Waals surface area contributed by atoms with Crippen molar-refractivity contribution in [1.82, 2.24) is 0 Å². The van der Waals surface area contributed by atoms with E-state index in [1.54, 1.807) is 0 Å². The van der Waals surface area contributed by atoms with Crippen molar-refractivity contribution in [2.45, 2.75) is 56.9 Å². The van der Waals surface area contributed by atoms with Crippen LogP contribution in [-0.2, 0) is 4.74 Å². The quantitative estimate of drug-likeness (QED) is 0.446. The summed E-state index contributed by atoms with van der Waals surface area (Å²) in [6.45, 7) is 4.99. The van der Waals surface area contributed by atoms with E-state index in [1.165, 1.54) is 12.8 Å². The third-order valence-corrected chi connectivity index (χ3v) is 2.88. The van der Waals surface area contributed by atoms with Gasteiger partial charge >= 0.3 is 0 Å². The topological polar surface area (TPSA) is 9.23 Å². The van der Waals surface area contributed by atoms with Gasteiger partial charge in [0.15, 0.2) is 0 Å². The van der Waals surface area contributed by atoms with Gasteiger partial charge in [-0.2, -0.15) is 0 Å². The zero-order valence-electron chi connectivity index (χ0n) is 8.56. The Bertz CT molecular complexity index is 109. The van der Waals surface area contributed by atoms with Crippen molar-refractivity contribution in [2.24, 2.45) is 0 Å². The summed E-state index contributed by atoms with van der Waals surface area (Å²) in [5.74, 6) is 0. The monoisotopic (exact) mass is 226 g/mol. The van der Waals surface area contributed by atoms with Crippen molar-refractivity contribution in [3.05, 3.63) is 0 Å². The molecule has 0 bridgehead atoms. The molecule has 1 nitrogen and oxygen atoms in total. The molecule has 0 aliphatic heterocycles. The Morgan fingerprint density at radius 2 is 1.77 bits per heavy atom. The molecule has 0 spiro atoms. The maximum atomic E-state index is 5.99. The maximum absolute atomic E-state index is 5.99. The number of alkyl halides is 2. The second-order valence-corrected chi connectivity index (χ2v) is 4.22. The lowest BCUT2D eigenvalue weighted by molar-refractivity contribution is 0.0994. The van der Waals surface area contributed by atoms with Crippen LogP contribution in [0.4, 0.5) is 0 Å². The minimum Gasteiger partial charge on any atom is -0.361 e. The van der Waals surface area contributed by atoms with Crippen molar-refractivity contribution < 1.29 is 4.74 Å². The van der Waals surface area contributed by atoms with Gasteiger partial charge in [0.1, 0.15) is 5.56 Å². The van der Waals surface area contributed by atoms with Crippen molar-refractivity contribution in [3.8, 4) is 0 Å². The van der Waals surface area contributed by atoms with E-state index in [1.807, 2.05) is 0 Å². The second-order valence-electron chi connectivity index (χ2n) is 3.23. The largest absolute Gasteiger partial charge is 0.361 e. The SMILES string of the molecule is CCCCCOC(Cl)C(Cl)CCC. The molecule has 0 N–H and O–H groups in total. The van der Waals surface area contributed by atoms with E-state index < -0.39 is 0 Å². The summed E-state index contributed by atoms with van der Waals surface area (Å²) in [5, 5.41) is -0.0479. The number of rotatable bonds is 8. The number of unbranched alkanes of at least 4 members (excludes halogenated alkanes) is 2. The molecule has 0 aromatic heterocycles. The van der Waals surface area contributed by atoms with Gasteiger partial charge in [0.2, 0.25) is 0 Å². The van der Waals surface area contributed by atoms with Crippen LogP contribution in [0.3, 0.4) is 0 Å². The third kappa shape index (κ3) is 7.60. The molecule has 0 aromatic carbocycles. The van der Waals surface area contributed by atoms with E-state index in [4.69, 9.17) is 27.9 Å². The summed E-state index contributed by atoms with van der Waals surface area (Å²) in [5.41, 5.74) is -0.321. The van der Waals surface area contributed by atoms with Crippen LogP contribution in [0.5, 0.6) is 0 Å². The molecule has 2 atom stereocenters. The summed E-state index contributed by atoms with van der Waals surface area (Å²) in [7, 11) is 0. The van der Waals surface area contributed by atoms with Gasteiger partial charge in [0.05, 0.1) is 5.38 Å². The molecule has 0 aromatic rings. The van der Waals surface area contributed by atoms with E-state index in [2.05, 4.69) is 13.8 Å². The molecular formula is C10H20Cl2O. The first-order valence-corrected chi connectivity index (χ1v) is 5.99. The first-order chi connectivity index (χ1) is 6.22. The van der Waals surface area contributed by atoms with Gasteiger partial charge in [-0.25, -0.2) is 0 Å².